The molecular formula is C38H27N. The van der Waals surface area contributed by atoms with Crippen LogP contribution in [0.4, 0.5) is 5.69 Å². The van der Waals surface area contributed by atoms with Crippen LogP contribution >= 0.6 is 0 Å². The van der Waals surface area contributed by atoms with Gasteiger partial charge in [0, 0.05) is 12.2 Å². The van der Waals surface area contributed by atoms with Crippen molar-refractivity contribution < 1.29 is 0 Å². The zero-order chi connectivity index (χ0) is 25.8. The molecule has 1 heteroatoms. The molecule has 1 spiro atoms. The molecule has 8 rings (SSSR count). The van der Waals surface area contributed by atoms with Gasteiger partial charge < -0.3 is 5.32 Å². The second-order valence-electron chi connectivity index (χ2n) is 10.5. The van der Waals surface area contributed by atoms with Gasteiger partial charge in [-0.25, -0.2) is 0 Å². The second-order valence-corrected chi connectivity index (χ2v) is 10.5. The van der Waals surface area contributed by atoms with Crippen LogP contribution in [0.5, 0.6) is 0 Å². The molecular weight excluding hydrogens is 470 g/mol. The Balaban J connectivity index is 1.26. The van der Waals surface area contributed by atoms with E-state index in [9.17, 15) is 0 Å². The lowest BCUT2D eigenvalue weighted by Crippen LogP contribution is -2.27. The summed E-state index contributed by atoms with van der Waals surface area (Å²) in [5, 5.41) is 3.75. The van der Waals surface area contributed by atoms with Crippen LogP contribution in [0.1, 0.15) is 27.8 Å². The summed E-state index contributed by atoms with van der Waals surface area (Å²) in [7, 11) is 0. The first-order valence-electron chi connectivity index (χ1n) is 13.7. The smallest absolute Gasteiger partial charge is 0.0728 e. The SMILES string of the molecule is c1ccc(-c2ccc(NCc3cccc4c3C3(c5ccccc5-c5ccccc53)c3ccccc3-4)cc2)cc1. The van der Waals surface area contributed by atoms with Gasteiger partial charge in [-0.2, -0.15) is 0 Å². The topological polar surface area (TPSA) is 12.0 Å². The van der Waals surface area contributed by atoms with Crippen molar-refractivity contribution in [1.82, 2.24) is 0 Å². The third-order valence-corrected chi connectivity index (χ3v) is 8.57. The maximum absolute atomic E-state index is 3.75. The molecule has 184 valence electrons. The van der Waals surface area contributed by atoms with E-state index < -0.39 is 0 Å². The highest BCUT2D eigenvalue weighted by Crippen LogP contribution is 2.63. The van der Waals surface area contributed by atoms with Crippen molar-refractivity contribution in [2.75, 3.05) is 5.32 Å². The first-order valence-corrected chi connectivity index (χ1v) is 13.7. The third kappa shape index (κ3) is 3.14. The van der Waals surface area contributed by atoms with E-state index in [1.54, 1.807) is 0 Å². The molecule has 0 heterocycles. The van der Waals surface area contributed by atoms with E-state index in [1.807, 2.05) is 0 Å². The van der Waals surface area contributed by atoms with Crippen molar-refractivity contribution in [1.29, 1.82) is 0 Å². The average Bonchev–Trinajstić information content (AvgIpc) is 3.49. The summed E-state index contributed by atoms with van der Waals surface area (Å²) in [6, 6.07) is 53.2. The monoisotopic (exact) mass is 497 g/mol. The Labute approximate surface area is 229 Å². The van der Waals surface area contributed by atoms with E-state index in [4.69, 9.17) is 0 Å². The first kappa shape index (κ1) is 22.1. The molecule has 0 bridgehead atoms. The fraction of sp³-hybridized carbons (Fsp3) is 0.0526. The van der Waals surface area contributed by atoms with Crippen LogP contribution in [0, 0.1) is 0 Å². The third-order valence-electron chi connectivity index (χ3n) is 8.57. The molecule has 0 amide bonds. The summed E-state index contributed by atoms with van der Waals surface area (Å²) in [5.74, 6) is 0. The fourth-order valence-corrected chi connectivity index (χ4v) is 7.00. The van der Waals surface area contributed by atoms with Crippen LogP contribution in [0.2, 0.25) is 0 Å². The Morgan fingerprint density at radius 2 is 0.897 bits per heavy atom. The maximum Gasteiger partial charge on any atom is 0.0728 e. The predicted molar refractivity (Wildman–Crippen MR) is 162 cm³/mol. The average molecular weight is 498 g/mol. The van der Waals surface area contributed by atoms with E-state index in [1.165, 1.54) is 61.2 Å². The van der Waals surface area contributed by atoms with Gasteiger partial charge in [-0.15, -0.1) is 0 Å². The Morgan fingerprint density at radius 3 is 1.51 bits per heavy atom. The van der Waals surface area contributed by atoms with Crippen molar-refractivity contribution in [2.24, 2.45) is 0 Å². The van der Waals surface area contributed by atoms with Crippen LogP contribution in [0.3, 0.4) is 0 Å². The molecule has 6 aromatic carbocycles. The number of anilines is 1. The Bertz CT molecular complexity index is 1780. The molecule has 39 heavy (non-hydrogen) atoms. The number of hydrogen-bond donors (Lipinski definition) is 1. The lowest BCUT2D eigenvalue weighted by Gasteiger charge is -2.32. The van der Waals surface area contributed by atoms with Crippen molar-refractivity contribution in [3.8, 4) is 33.4 Å². The molecule has 0 unspecified atom stereocenters. The molecule has 0 aliphatic heterocycles. The maximum atomic E-state index is 3.75. The van der Waals surface area contributed by atoms with Crippen LogP contribution in [-0.4, -0.2) is 0 Å². The van der Waals surface area contributed by atoms with Crippen molar-refractivity contribution in [2.45, 2.75) is 12.0 Å². The number of fused-ring (bicyclic) bond motifs is 10. The van der Waals surface area contributed by atoms with Gasteiger partial charge in [0.25, 0.3) is 0 Å². The molecule has 2 aliphatic rings. The summed E-state index contributed by atoms with van der Waals surface area (Å²) in [6.07, 6.45) is 0. The van der Waals surface area contributed by atoms with Crippen molar-refractivity contribution in [3.05, 3.63) is 173 Å². The standard InChI is InChI=1S/C38H27N/c1-2-11-26(12-3-1)27-21-23-29(24-22-27)39-25-28-13-10-17-33-32-16-6-9-20-36(32)38(37(28)33)34-18-7-4-14-30(34)31-15-5-8-19-35(31)38/h1-24,39H,25H2. The first-order chi connectivity index (χ1) is 19.4. The highest BCUT2D eigenvalue weighted by Gasteiger charge is 2.52. The van der Waals surface area contributed by atoms with Crippen LogP contribution in [0.25, 0.3) is 33.4 Å². The summed E-state index contributed by atoms with van der Waals surface area (Å²) in [5.41, 5.74) is 15.6. The number of rotatable bonds is 4. The highest BCUT2D eigenvalue weighted by molar-refractivity contribution is 5.95. The minimum absolute atomic E-state index is 0.311. The van der Waals surface area contributed by atoms with Crippen molar-refractivity contribution >= 4 is 5.69 Å². The fourth-order valence-electron chi connectivity index (χ4n) is 7.00. The van der Waals surface area contributed by atoms with E-state index in [0.717, 1.165) is 12.2 Å². The number of benzene rings is 6. The van der Waals surface area contributed by atoms with Gasteiger partial charge in [-0.3, -0.25) is 0 Å². The van der Waals surface area contributed by atoms with Gasteiger partial charge in [0.15, 0.2) is 0 Å². The molecule has 0 saturated heterocycles. The molecule has 6 aromatic rings. The molecule has 0 saturated carbocycles. The van der Waals surface area contributed by atoms with Crippen LogP contribution in [-0.2, 0) is 12.0 Å². The number of nitrogens with one attached hydrogen (secondary N) is 1. The molecule has 1 nitrogen and oxygen atoms in total. The summed E-state index contributed by atoms with van der Waals surface area (Å²) in [6.45, 7) is 0.758. The molecule has 2 aliphatic carbocycles. The van der Waals surface area contributed by atoms with Crippen LogP contribution < -0.4 is 5.32 Å². The summed E-state index contributed by atoms with van der Waals surface area (Å²) < 4.78 is 0. The van der Waals surface area contributed by atoms with Crippen molar-refractivity contribution in [3.63, 3.8) is 0 Å². The van der Waals surface area contributed by atoms with E-state index >= 15 is 0 Å². The molecule has 0 aromatic heterocycles. The lowest BCUT2D eigenvalue weighted by atomic mass is 9.69. The summed E-state index contributed by atoms with van der Waals surface area (Å²) >= 11 is 0. The Hall–Kier alpha value is -4.88. The zero-order valence-electron chi connectivity index (χ0n) is 21.6. The minimum Gasteiger partial charge on any atom is -0.381 e. The van der Waals surface area contributed by atoms with E-state index in [2.05, 4.69) is 151 Å². The highest BCUT2D eigenvalue weighted by atomic mass is 14.9. The molecule has 0 radical (unpaired) electrons. The Kier molecular flexibility index (Phi) is 4.87. The number of hydrogen-bond acceptors (Lipinski definition) is 1. The van der Waals surface area contributed by atoms with Crippen LogP contribution in [0.15, 0.2) is 146 Å². The zero-order valence-corrected chi connectivity index (χ0v) is 21.6. The Morgan fingerprint density at radius 1 is 0.410 bits per heavy atom. The quantitative estimate of drug-likeness (QED) is 0.255. The molecule has 0 fully saturated rings. The van der Waals surface area contributed by atoms with E-state index in [-0.39, 0.29) is 5.41 Å². The normalized spacial score (nSPS) is 13.4. The molecule has 1 N–H and O–H groups in total. The largest absolute Gasteiger partial charge is 0.381 e. The van der Waals surface area contributed by atoms with E-state index in [0.29, 0.717) is 0 Å². The summed E-state index contributed by atoms with van der Waals surface area (Å²) in [4.78, 5) is 0. The lowest BCUT2D eigenvalue weighted by molar-refractivity contribution is 0.780. The van der Waals surface area contributed by atoms with Gasteiger partial charge in [-0.05, 0) is 73.3 Å². The molecule has 0 atom stereocenters. The van der Waals surface area contributed by atoms with Gasteiger partial charge in [0.1, 0.15) is 0 Å². The predicted octanol–water partition coefficient (Wildman–Crippen LogP) is 9.31. The van der Waals surface area contributed by atoms with Gasteiger partial charge in [0.2, 0.25) is 0 Å². The second kappa shape index (κ2) is 8.58. The van der Waals surface area contributed by atoms with Gasteiger partial charge in [-0.1, -0.05) is 133 Å². The van der Waals surface area contributed by atoms with Gasteiger partial charge >= 0.3 is 0 Å². The minimum atomic E-state index is -0.311. The van der Waals surface area contributed by atoms with Gasteiger partial charge in [0.05, 0.1) is 5.41 Å².